The lowest BCUT2D eigenvalue weighted by Crippen LogP contribution is -2.22. The fraction of sp³-hybridized carbons (Fsp3) is 0.500. The Morgan fingerprint density at radius 2 is 2.12 bits per heavy atom. The summed E-state index contributed by atoms with van der Waals surface area (Å²) < 4.78 is 5.04. The molecule has 0 amide bonds. The molecule has 4 heteroatoms. The lowest BCUT2D eigenvalue weighted by molar-refractivity contribution is 0.0404. The third kappa shape index (κ3) is 3.11. The van der Waals surface area contributed by atoms with Crippen LogP contribution in [-0.2, 0) is 5.60 Å². The highest BCUT2D eigenvalue weighted by Crippen LogP contribution is 2.33. The molecule has 0 fully saturated rings. The van der Waals surface area contributed by atoms with Gasteiger partial charge in [0, 0.05) is 12.2 Å². The van der Waals surface area contributed by atoms with E-state index < -0.39 is 5.60 Å². The average Bonchev–Trinajstić information content (AvgIpc) is 2.25. The van der Waals surface area contributed by atoms with Gasteiger partial charge in [0.05, 0.1) is 17.7 Å². The van der Waals surface area contributed by atoms with E-state index in [2.05, 4.69) is 0 Å². The predicted octanol–water partition coefficient (Wildman–Crippen LogP) is 2.33. The zero-order chi connectivity index (χ0) is 12.2. The molecule has 0 aliphatic heterocycles. The van der Waals surface area contributed by atoms with Crippen molar-refractivity contribution in [3.05, 3.63) is 28.8 Å². The molecule has 1 unspecified atom stereocenters. The van der Waals surface area contributed by atoms with Gasteiger partial charge in [-0.1, -0.05) is 17.7 Å². The molecule has 0 heterocycles. The van der Waals surface area contributed by atoms with Crippen LogP contribution in [0, 0.1) is 0 Å². The number of methoxy groups -OCH3 is 1. The standard InChI is InChI=1S/C12H17ClO3/c1-12(15,6-3-7-14)10-5-4-9(16-2)8-11(10)13/h4-5,8,14-15H,3,6-7H2,1-2H3. The Bertz CT molecular complexity index is 350. The van der Waals surface area contributed by atoms with Crippen LogP contribution in [0.1, 0.15) is 25.3 Å². The summed E-state index contributed by atoms with van der Waals surface area (Å²) in [6, 6.07) is 5.18. The van der Waals surface area contributed by atoms with Crippen molar-refractivity contribution >= 4 is 11.6 Å². The van der Waals surface area contributed by atoms with E-state index in [-0.39, 0.29) is 6.61 Å². The number of aliphatic hydroxyl groups excluding tert-OH is 1. The van der Waals surface area contributed by atoms with Gasteiger partial charge in [0.25, 0.3) is 0 Å². The molecule has 90 valence electrons. The first-order valence-electron chi connectivity index (χ1n) is 5.18. The third-order valence-electron chi connectivity index (χ3n) is 2.58. The minimum atomic E-state index is -1.02. The Hall–Kier alpha value is -0.770. The van der Waals surface area contributed by atoms with E-state index in [9.17, 15) is 5.11 Å². The third-order valence-corrected chi connectivity index (χ3v) is 2.89. The number of halogens is 1. The van der Waals surface area contributed by atoms with E-state index in [1.807, 2.05) is 0 Å². The molecular formula is C12H17ClO3. The molecule has 1 aromatic rings. The van der Waals surface area contributed by atoms with Crippen molar-refractivity contribution < 1.29 is 14.9 Å². The normalized spacial score (nSPS) is 14.6. The molecule has 0 saturated heterocycles. The Morgan fingerprint density at radius 3 is 2.62 bits per heavy atom. The van der Waals surface area contributed by atoms with E-state index in [0.29, 0.717) is 29.2 Å². The molecule has 1 rings (SSSR count). The minimum absolute atomic E-state index is 0.0594. The topological polar surface area (TPSA) is 49.7 Å². The van der Waals surface area contributed by atoms with Gasteiger partial charge in [0.15, 0.2) is 0 Å². The van der Waals surface area contributed by atoms with Gasteiger partial charge < -0.3 is 14.9 Å². The second-order valence-corrected chi connectivity index (χ2v) is 4.35. The number of hydrogen-bond donors (Lipinski definition) is 2. The SMILES string of the molecule is COc1ccc(C(C)(O)CCCO)c(Cl)c1. The molecule has 3 nitrogen and oxygen atoms in total. The quantitative estimate of drug-likeness (QED) is 0.836. The van der Waals surface area contributed by atoms with Crippen molar-refractivity contribution in [1.29, 1.82) is 0 Å². The van der Waals surface area contributed by atoms with Crippen molar-refractivity contribution in [2.24, 2.45) is 0 Å². The molecule has 2 N–H and O–H groups in total. The van der Waals surface area contributed by atoms with E-state index >= 15 is 0 Å². The maximum Gasteiger partial charge on any atom is 0.120 e. The average molecular weight is 245 g/mol. The largest absolute Gasteiger partial charge is 0.497 e. The number of aliphatic hydroxyl groups is 2. The van der Waals surface area contributed by atoms with Crippen LogP contribution in [0.25, 0.3) is 0 Å². The summed E-state index contributed by atoms with van der Waals surface area (Å²) in [6.07, 6.45) is 1.00. The molecule has 0 aliphatic rings. The number of benzene rings is 1. The van der Waals surface area contributed by atoms with Crippen molar-refractivity contribution in [2.75, 3.05) is 13.7 Å². The van der Waals surface area contributed by atoms with Gasteiger partial charge in [0.1, 0.15) is 5.75 Å². The Labute approximate surface area is 101 Å². The van der Waals surface area contributed by atoms with Crippen molar-refractivity contribution in [3.8, 4) is 5.75 Å². The summed E-state index contributed by atoms with van der Waals surface area (Å²) >= 11 is 6.07. The van der Waals surface area contributed by atoms with Crippen molar-refractivity contribution in [2.45, 2.75) is 25.4 Å². The molecule has 0 spiro atoms. The number of ether oxygens (including phenoxy) is 1. The first kappa shape index (κ1) is 13.3. The Balaban J connectivity index is 2.94. The van der Waals surface area contributed by atoms with Gasteiger partial charge in [0.2, 0.25) is 0 Å². The van der Waals surface area contributed by atoms with Crippen molar-refractivity contribution in [3.63, 3.8) is 0 Å². The first-order chi connectivity index (χ1) is 7.51. The number of rotatable bonds is 5. The highest BCUT2D eigenvalue weighted by atomic mass is 35.5. The molecule has 0 aromatic heterocycles. The van der Waals surface area contributed by atoms with E-state index in [1.165, 1.54) is 0 Å². The van der Waals surface area contributed by atoms with Gasteiger partial charge in [-0.05, 0) is 31.9 Å². The molecule has 0 bridgehead atoms. The fourth-order valence-electron chi connectivity index (χ4n) is 1.62. The van der Waals surface area contributed by atoms with E-state index in [1.54, 1.807) is 32.2 Å². The highest BCUT2D eigenvalue weighted by Gasteiger charge is 2.25. The highest BCUT2D eigenvalue weighted by molar-refractivity contribution is 6.31. The summed E-state index contributed by atoms with van der Waals surface area (Å²) in [4.78, 5) is 0. The summed E-state index contributed by atoms with van der Waals surface area (Å²) in [5, 5.41) is 19.5. The smallest absolute Gasteiger partial charge is 0.120 e. The number of hydrogen-bond acceptors (Lipinski definition) is 3. The lowest BCUT2D eigenvalue weighted by Gasteiger charge is -2.24. The van der Waals surface area contributed by atoms with Crippen molar-refractivity contribution in [1.82, 2.24) is 0 Å². The Kier molecular flexibility index (Phi) is 4.59. The predicted molar refractivity (Wildman–Crippen MR) is 63.9 cm³/mol. The molecular weight excluding hydrogens is 228 g/mol. The molecule has 16 heavy (non-hydrogen) atoms. The van der Waals surface area contributed by atoms with Gasteiger partial charge >= 0.3 is 0 Å². The lowest BCUT2D eigenvalue weighted by atomic mass is 9.91. The maximum atomic E-state index is 10.2. The van der Waals surface area contributed by atoms with Crippen LogP contribution in [0.2, 0.25) is 5.02 Å². The maximum absolute atomic E-state index is 10.2. The van der Waals surface area contributed by atoms with Crippen LogP contribution in [-0.4, -0.2) is 23.9 Å². The van der Waals surface area contributed by atoms with Gasteiger partial charge in [-0.2, -0.15) is 0 Å². The first-order valence-corrected chi connectivity index (χ1v) is 5.56. The zero-order valence-electron chi connectivity index (χ0n) is 9.53. The van der Waals surface area contributed by atoms with Crippen LogP contribution in [0.15, 0.2) is 18.2 Å². The Morgan fingerprint density at radius 1 is 1.44 bits per heavy atom. The fourth-order valence-corrected chi connectivity index (χ4v) is 1.99. The van der Waals surface area contributed by atoms with E-state index in [0.717, 1.165) is 0 Å². The molecule has 1 aromatic carbocycles. The van der Waals surface area contributed by atoms with Crippen LogP contribution in [0.4, 0.5) is 0 Å². The van der Waals surface area contributed by atoms with Gasteiger partial charge in [-0.15, -0.1) is 0 Å². The summed E-state index contributed by atoms with van der Waals surface area (Å²) in [7, 11) is 1.56. The minimum Gasteiger partial charge on any atom is -0.497 e. The summed E-state index contributed by atoms with van der Waals surface area (Å²) in [6.45, 7) is 1.75. The molecule has 0 aliphatic carbocycles. The molecule has 1 atom stereocenters. The molecule has 0 saturated carbocycles. The summed E-state index contributed by atoms with van der Waals surface area (Å²) in [5.74, 6) is 0.659. The van der Waals surface area contributed by atoms with Gasteiger partial charge in [-0.3, -0.25) is 0 Å². The second kappa shape index (κ2) is 5.53. The van der Waals surface area contributed by atoms with Crippen LogP contribution >= 0.6 is 11.6 Å². The van der Waals surface area contributed by atoms with E-state index in [4.69, 9.17) is 21.4 Å². The second-order valence-electron chi connectivity index (χ2n) is 3.95. The zero-order valence-corrected chi connectivity index (χ0v) is 10.3. The molecule has 0 radical (unpaired) electrons. The van der Waals surface area contributed by atoms with Crippen LogP contribution in [0.5, 0.6) is 5.75 Å². The van der Waals surface area contributed by atoms with Gasteiger partial charge in [-0.25, -0.2) is 0 Å². The van der Waals surface area contributed by atoms with Crippen LogP contribution < -0.4 is 4.74 Å². The van der Waals surface area contributed by atoms with Crippen LogP contribution in [0.3, 0.4) is 0 Å². The monoisotopic (exact) mass is 244 g/mol. The summed E-state index contributed by atoms with van der Waals surface area (Å²) in [5.41, 5.74) is -0.366.